The second-order valence-corrected chi connectivity index (χ2v) is 5.55. The molecular weight excluding hydrogens is 222 g/mol. The maximum absolute atomic E-state index is 5.91. The predicted octanol–water partition coefficient (Wildman–Crippen LogP) is 1.38. The molecular formula is C15H25N3. The van der Waals surface area contributed by atoms with Gasteiger partial charge in [0.2, 0.25) is 0 Å². The molecule has 0 saturated carbocycles. The number of aryl methyl sites for hydroxylation is 2. The average molecular weight is 247 g/mol. The molecule has 1 saturated heterocycles. The van der Waals surface area contributed by atoms with Gasteiger partial charge < -0.3 is 10.6 Å². The van der Waals surface area contributed by atoms with Gasteiger partial charge >= 0.3 is 0 Å². The first-order chi connectivity index (χ1) is 8.60. The van der Waals surface area contributed by atoms with Gasteiger partial charge in [-0.1, -0.05) is 23.8 Å². The zero-order valence-electron chi connectivity index (χ0n) is 11.8. The molecule has 0 spiro atoms. The van der Waals surface area contributed by atoms with Crippen molar-refractivity contribution in [2.45, 2.75) is 26.4 Å². The number of hydrogen-bond acceptors (Lipinski definition) is 3. The van der Waals surface area contributed by atoms with Crippen molar-refractivity contribution in [1.82, 2.24) is 9.80 Å². The highest BCUT2D eigenvalue weighted by atomic mass is 15.3. The van der Waals surface area contributed by atoms with Gasteiger partial charge in [0.05, 0.1) is 0 Å². The van der Waals surface area contributed by atoms with Gasteiger partial charge in [0.1, 0.15) is 0 Å². The standard InChI is InChI=1S/C15H25N3/c1-12-4-5-13(2)14(8-12)10-18-7-6-17(3)11-15(18)9-16/h4-5,8,15H,6-7,9-11,16H2,1-3H3. The van der Waals surface area contributed by atoms with Crippen molar-refractivity contribution >= 4 is 0 Å². The van der Waals surface area contributed by atoms with Crippen LogP contribution in [-0.4, -0.2) is 49.1 Å². The Morgan fingerprint density at radius 2 is 2.06 bits per heavy atom. The van der Waals surface area contributed by atoms with E-state index in [9.17, 15) is 0 Å². The normalized spacial score (nSPS) is 22.3. The molecule has 1 heterocycles. The fraction of sp³-hybridized carbons (Fsp3) is 0.600. The number of likely N-dealkylation sites (N-methyl/N-ethyl adjacent to an activating group) is 1. The van der Waals surface area contributed by atoms with Gasteiger partial charge in [-0.25, -0.2) is 0 Å². The molecule has 1 fully saturated rings. The number of rotatable bonds is 3. The fourth-order valence-electron chi connectivity index (χ4n) is 2.67. The SMILES string of the molecule is Cc1ccc(C)c(CN2CCN(C)CC2CN)c1. The van der Waals surface area contributed by atoms with Gasteiger partial charge in [-0.05, 0) is 32.0 Å². The molecule has 2 N–H and O–H groups in total. The Hall–Kier alpha value is -0.900. The van der Waals surface area contributed by atoms with Crippen LogP contribution >= 0.6 is 0 Å². The van der Waals surface area contributed by atoms with Crippen LogP contribution in [0.25, 0.3) is 0 Å². The molecule has 1 aromatic carbocycles. The van der Waals surface area contributed by atoms with Crippen molar-refractivity contribution in [3.05, 3.63) is 34.9 Å². The molecule has 0 amide bonds. The van der Waals surface area contributed by atoms with E-state index in [2.05, 4.69) is 48.9 Å². The lowest BCUT2D eigenvalue weighted by atomic mass is 10.0. The monoisotopic (exact) mass is 247 g/mol. The van der Waals surface area contributed by atoms with Crippen LogP contribution in [0.2, 0.25) is 0 Å². The molecule has 3 nitrogen and oxygen atoms in total. The van der Waals surface area contributed by atoms with Crippen molar-refractivity contribution in [2.75, 3.05) is 33.2 Å². The second-order valence-electron chi connectivity index (χ2n) is 5.55. The van der Waals surface area contributed by atoms with E-state index >= 15 is 0 Å². The molecule has 1 aliphatic rings. The summed E-state index contributed by atoms with van der Waals surface area (Å²) in [5.41, 5.74) is 10.1. The molecule has 0 aliphatic carbocycles. The zero-order valence-corrected chi connectivity index (χ0v) is 11.8. The minimum Gasteiger partial charge on any atom is -0.329 e. The van der Waals surface area contributed by atoms with E-state index in [-0.39, 0.29) is 0 Å². The summed E-state index contributed by atoms with van der Waals surface area (Å²) >= 11 is 0. The number of hydrogen-bond donors (Lipinski definition) is 1. The lowest BCUT2D eigenvalue weighted by Gasteiger charge is -2.39. The van der Waals surface area contributed by atoms with Crippen LogP contribution in [0.15, 0.2) is 18.2 Å². The molecule has 0 aromatic heterocycles. The van der Waals surface area contributed by atoms with Gasteiger partial charge in [0, 0.05) is 38.8 Å². The van der Waals surface area contributed by atoms with Crippen molar-refractivity contribution in [2.24, 2.45) is 5.73 Å². The third-order valence-corrected chi connectivity index (χ3v) is 3.96. The van der Waals surface area contributed by atoms with Gasteiger partial charge in [-0.3, -0.25) is 4.90 Å². The fourth-order valence-corrected chi connectivity index (χ4v) is 2.67. The van der Waals surface area contributed by atoms with Crippen LogP contribution in [0.3, 0.4) is 0 Å². The molecule has 3 heteroatoms. The highest BCUT2D eigenvalue weighted by Crippen LogP contribution is 2.17. The number of nitrogens with zero attached hydrogens (tertiary/aromatic N) is 2. The summed E-state index contributed by atoms with van der Waals surface area (Å²) < 4.78 is 0. The minimum atomic E-state index is 0.490. The molecule has 1 unspecified atom stereocenters. The summed E-state index contributed by atoms with van der Waals surface area (Å²) in [6.45, 7) is 9.47. The second kappa shape index (κ2) is 5.83. The quantitative estimate of drug-likeness (QED) is 0.876. The van der Waals surface area contributed by atoms with E-state index in [1.165, 1.54) is 16.7 Å². The van der Waals surface area contributed by atoms with Crippen molar-refractivity contribution in [3.8, 4) is 0 Å². The Labute approximate surface area is 111 Å². The van der Waals surface area contributed by atoms with E-state index < -0.39 is 0 Å². The maximum Gasteiger partial charge on any atom is 0.0349 e. The summed E-state index contributed by atoms with van der Waals surface area (Å²) in [5.74, 6) is 0. The summed E-state index contributed by atoms with van der Waals surface area (Å²) in [4.78, 5) is 4.90. The highest BCUT2D eigenvalue weighted by Gasteiger charge is 2.24. The molecule has 0 bridgehead atoms. The van der Waals surface area contributed by atoms with Crippen LogP contribution < -0.4 is 5.73 Å². The van der Waals surface area contributed by atoms with Crippen LogP contribution in [0.4, 0.5) is 0 Å². The summed E-state index contributed by atoms with van der Waals surface area (Å²) in [5, 5.41) is 0. The Kier molecular flexibility index (Phi) is 4.38. The van der Waals surface area contributed by atoms with Gasteiger partial charge in [-0.2, -0.15) is 0 Å². The number of piperazine rings is 1. The highest BCUT2D eigenvalue weighted by molar-refractivity contribution is 5.30. The van der Waals surface area contributed by atoms with E-state index in [0.29, 0.717) is 6.04 Å². The Morgan fingerprint density at radius 1 is 1.28 bits per heavy atom. The molecule has 1 atom stereocenters. The molecule has 100 valence electrons. The molecule has 1 aliphatic heterocycles. The van der Waals surface area contributed by atoms with Crippen LogP contribution in [0, 0.1) is 13.8 Å². The number of nitrogens with two attached hydrogens (primary N) is 1. The van der Waals surface area contributed by atoms with E-state index in [4.69, 9.17) is 5.73 Å². The van der Waals surface area contributed by atoms with Crippen molar-refractivity contribution in [3.63, 3.8) is 0 Å². The first kappa shape index (κ1) is 13.5. The van der Waals surface area contributed by atoms with Crippen molar-refractivity contribution < 1.29 is 0 Å². The lowest BCUT2D eigenvalue weighted by Crippen LogP contribution is -2.54. The van der Waals surface area contributed by atoms with Gasteiger partial charge in [0.15, 0.2) is 0 Å². The Bertz CT molecular complexity index is 403. The largest absolute Gasteiger partial charge is 0.329 e. The summed E-state index contributed by atoms with van der Waals surface area (Å²) in [7, 11) is 2.18. The molecule has 1 aromatic rings. The summed E-state index contributed by atoms with van der Waals surface area (Å²) in [6.07, 6.45) is 0. The average Bonchev–Trinajstić information content (AvgIpc) is 2.36. The third-order valence-electron chi connectivity index (χ3n) is 3.96. The maximum atomic E-state index is 5.91. The molecule has 0 radical (unpaired) electrons. The molecule has 2 rings (SSSR count). The predicted molar refractivity (Wildman–Crippen MR) is 76.7 cm³/mol. The minimum absolute atomic E-state index is 0.490. The van der Waals surface area contributed by atoms with E-state index in [1.54, 1.807) is 0 Å². The van der Waals surface area contributed by atoms with Gasteiger partial charge in [-0.15, -0.1) is 0 Å². The van der Waals surface area contributed by atoms with E-state index in [0.717, 1.165) is 32.7 Å². The van der Waals surface area contributed by atoms with Crippen LogP contribution in [0.1, 0.15) is 16.7 Å². The first-order valence-electron chi connectivity index (χ1n) is 6.79. The van der Waals surface area contributed by atoms with Crippen LogP contribution in [-0.2, 0) is 6.54 Å². The summed E-state index contributed by atoms with van der Waals surface area (Å²) in [6, 6.07) is 7.20. The first-order valence-corrected chi connectivity index (χ1v) is 6.79. The Balaban J connectivity index is 2.10. The van der Waals surface area contributed by atoms with Crippen molar-refractivity contribution in [1.29, 1.82) is 0 Å². The van der Waals surface area contributed by atoms with E-state index in [1.807, 2.05) is 0 Å². The third kappa shape index (κ3) is 3.10. The van der Waals surface area contributed by atoms with Crippen LogP contribution in [0.5, 0.6) is 0 Å². The van der Waals surface area contributed by atoms with Gasteiger partial charge in [0.25, 0.3) is 0 Å². The lowest BCUT2D eigenvalue weighted by molar-refractivity contribution is 0.0879. The molecule has 18 heavy (non-hydrogen) atoms. The number of benzene rings is 1. The smallest absolute Gasteiger partial charge is 0.0349 e. The zero-order chi connectivity index (χ0) is 13.1. The Morgan fingerprint density at radius 3 is 2.78 bits per heavy atom. The topological polar surface area (TPSA) is 32.5 Å².